The topological polar surface area (TPSA) is 29.5 Å². The van der Waals surface area contributed by atoms with E-state index in [2.05, 4.69) is 34.9 Å². The van der Waals surface area contributed by atoms with Crippen LogP contribution in [0.2, 0.25) is 0 Å². The van der Waals surface area contributed by atoms with E-state index in [1.807, 2.05) is 0 Å². The molecule has 3 heteroatoms. The molecule has 0 N–H and O–H groups in total. The lowest BCUT2D eigenvalue weighted by atomic mass is 10.1. The summed E-state index contributed by atoms with van der Waals surface area (Å²) in [7, 11) is 3.51. The SMILES string of the molecule is COC(=O)CCCN(C)c1ccc2c(c1)CCC2. The summed E-state index contributed by atoms with van der Waals surface area (Å²) >= 11 is 0. The highest BCUT2D eigenvalue weighted by Gasteiger charge is 2.12. The van der Waals surface area contributed by atoms with Crippen molar-refractivity contribution in [2.24, 2.45) is 0 Å². The number of ether oxygens (including phenoxy) is 1. The summed E-state index contributed by atoms with van der Waals surface area (Å²) in [6, 6.07) is 6.72. The van der Waals surface area contributed by atoms with Gasteiger partial charge in [-0.25, -0.2) is 0 Å². The molecule has 2 rings (SSSR count). The van der Waals surface area contributed by atoms with Crippen molar-refractivity contribution < 1.29 is 9.53 Å². The molecule has 1 aromatic carbocycles. The van der Waals surface area contributed by atoms with Crippen LogP contribution in [0.1, 0.15) is 30.4 Å². The van der Waals surface area contributed by atoms with Gasteiger partial charge in [0.1, 0.15) is 0 Å². The van der Waals surface area contributed by atoms with E-state index in [0.29, 0.717) is 6.42 Å². The minimum atomic E-state index is -0.127. The molecule has 0 aromatic heterocycles. The highest BCUT2D eigenvalue weighted by molar-refractivity contribution is 5.69. The first-order valence-electron chi connectivity index (χ1n) is 6.60. The zero-order chi connectivity index (χ0) is 13.0. The lowest BCUT2D eigenvalue weighted by molar-refractivity contribution is -0.140. The summed E-state index contributed by atoms with van der Waals surface area (Å²) in [4.78, 5) is 13.3. The highest BCUT2D eigenvalue weighted by Crippen LogP contribution is 2.26. The van der Waals surface area contributed by atoms with Crippen molar-refractivity contribution in [3.8, 4) is 0 Å². The summed E-state index contributed by atoms with van der Waals surface area (Å²) in [6.07, 6.45) is 5.04. The Morgan fingerprint density at radius 1 is 1.33 bits per heavy atom. The van der Waals surface area contributed by atoms with Crippen molar-refractivity contribution in [1.82, 2.24) is 0 Å². The molecular formula is C15H21NO2. The van der Waals surface area contributed by atoms with Gasteiger partial charge in [-0.2, -0.15) is 0 Å². The fourth-order valence-corrected chi connectivity index (χ4v) is 2.49. The Morgan fingerprint density at radius 3 is 2.89 bits per heavy atom. The van der Waals surface area contributed by atoms with Crippen LogP contribution in [0.15, 0.2) is 18.2 Å². The van der Waals surface area contributed by atoms with Gasteiger partial charge in [0.15, 0.2) is 0 Å². The molecule has 98 valence electrons. The van der Waals surface area contributed by atoms with E-state index in [1.54, 1.807) is 0 Å². The molecule has 0 fully saturated rings. The van der Waals surface area contributed by atoms with Crippen LogP contribution in [0.4, 0.5) is 5.69 Å². The standard InChI is InChI=1S/C15H21NO2/c1-16(10-4-7-15(17)18-2)14-9-8-12-5-3-6-13(12)11-14/h8-9,11H,3-7,10H2,1-2H3. The number of hydrogen-bond acceptors (Lipinski definition) is 3. The van der Waals surface area contributed by atoms with Crippen molar-refractivity contribution in [2.75, 3.05) is 25.6 Å². The maximum Gasteiger partial charge on any atom is 0.305 e. The number of carbonyl (C=O) groups excluding carboxylic acids is 1. The number of nitrogens with zero attached hydrogens (tertiary/aromatic N) is 1. The van der Waals surface area contributed by atoms with Gasteiger partial charge in [0.2, 0.25) is 0 Å². The van der Waals surface area contributed by atoms with Gasteiger partial charge in [-0.15, -0.1) is 0 Å². The van der Waals surface area contributed by atoms with Crippen molar-refractivity contribution in [1.29, 1.82) is 0 Å². The number of benzene rings is 1. The second kappa shape index (κ2) is 5.89. The second-order valence-electron chi connectivity index (χ2n) is 4.91. The Bertz CT molecular complexity index is 429. The van der Waals surface area contributed by atoms with Gasteiger partial charge in [-0.05, 0) is 48.9 Å². The number of anilines is 1. The van der Waals surface area contributed by atoms with Crippen molar-refractivity contribution >= 4 is 11.7 Å². The van der Waals surface area contributed by atoms with Crippen LogP contribution in [0.25, 0.3) is 0 Å². The number of fused-ring (bicyclic) bond motifs is 1. The normalized spacial score (nSPS) is 13.2. The molecule has 0 unspecified atom stereocenters. The highest BCUT2D eigenvalue weighted by atomic mass is 16.5. The van der Waals surface area contributed by atoms with Crippen molar-refractivity contribution in [2.45, 2.75) is 32.1 Å². The minimum absolute atomic E-state index is 0.127. The number of methoxy groups -OCH3 is 1. The first-order chi connectivity index (χ1) is 8.70. The molecule has 1 aliphatic carbocycles. The quantitative estimate of drug-likeness (QED) is 0.749. The monoisotopic (exact) mass is 247 g/mol. The van der Waals surface area contributed by atoms with Gasteiger partial charge in [0.05, 0.1) is 7.11 Å². The van der Waals surface area contributed by atoms with Crippen molar-refractivity contribution in [3.63, 3.8) is 0 Å². The number of carbonyl (C=O) groups is 1. The van der Waals surface area contributed by atoms with Gasteiger partial charge < -0.3 is 9.64 Å². The molecule has 3 nitrogen and oxygen atoms in total. The van der Waals surface area contributed by atoms with Gasteiger partial charge in [0.25, 0.3) is 0 Å². The molecular weight excluding hydrogens is 226 g/mol. The molecule has 18 heavy (non-hydrogen) atoms. The lowest BCUT2D eigenvalue weighted by Gasteiger charge is -2.20. The molecule has 0 spiro atoms. The average Bonchev–Trinajstić information content (AvgIpc) is 2.85. The van der Waals surface area contributed by atoms with Crippen molar-refractivity contribution in [3.05, 3.63) is 29.3 Å². The number of rotatable bonds is 5. The van der Waals surface area contributed by atoms with Gasteiger partial charge >= 0.3 is 5.97 Å². The number of esters is 1. The molecule has 0 heterocycles. The van der Waals surface area contributed by atoms with E-state index in [1.165, 1.54) is 43.2 Å². The van der Waals surface area contributed by atoms with E-state index < -0.39 is 0 Å². The minimum Gasteiger partial charge on any atom is -0.469 e. The van der Waals surface area contributed by atoms with E-state index >= 15 is 0 Å². The Kier molecular flexibility index (Phi) is 4.24. The Morgan fingerprint density at radius 2 is 2.11 bits per heavy atom. The zero-order valence-electron chi connectivity index (χ0n) is 11.2. The average molecular weight is 247 g/mol. The molecule has 1 aliphatic rings. The third kappa shape index (κ3) is 3.03. The van der Waals surface area contributed by atoms with E-state index in [4.69, 9.17) is 0 Å². The predicted molar refractivity (Wildman–Crippen MR) is 73.0 cm³/mol. The number of hydrogen-bond donors (Lipinski definition) is 0. The molecule has 0 amide bonds. The van der Waals surface area contributed by atoms with Crippen LogP contribution in [-0.2, 0) is 22.4 Å². The smallest absolute Gasteiger partial charge is 0.305 e. The van der Waals surface area contributed by atoms with Crippen LogP contribution in [0.5, 0.6) is 0 Å². The van der Waals surface area contributed by atoms with Crippen LogP contribution in [-0.4, -0.2) is 26.7 Å². The number of aryl methyl sites for hydroxylation is 2. The fraction of sp³-hybridized carbons (Fsp3) is 0.533. The first-order valence-corrected chi connectivity index (χ1v) is 6.60. The van der Waals surface area contributed by atoms with Gasteiger partial charge in [0, 0.05) is 25.7 Å². The second-order valence-corrected chi connectivity index (χ2v) is 4.91. The molecule has 0 saturated heterocycles. The Hall–Kier alpha value is -1.51. The maximum absolute atomic E-state index is 11.0. The molecule has 0 radical (unpaired) electrons. The third-order valence-corrected chi connectivity index (χ3v) is 3.62. The molecule has 0 atom stereocenters. The zero-order valence-corrected chi connectivity index (χ0v) is 11.2. The summed E-state index contributed by atoms with van der Waals surface area (Å²) in [5.41, 5.74) is 4.24. The maximum atomic E-state index is 11.0. The Labute approximate surface area is 109 Å². The van der Waals surface area contributed by atoms with E-state index in [-0.39, 0.29) is 5.97 Å². The van der Waals surface area contributed by atoms with Crippen LogP contribution in [0.3, 0.4) is 0 Å². The van der Waals surface area contributed by atoms with Gasteiger partial charge in [-0.1, -0.05) is 6.07 Å². The molecule has 0 bridgehead atoms. The molecule has 1 aromatic rings. The third-order valence-electron chi connectivity index (χ3n) is 3.62. The summed E-state index contributed by atoms with van der Waals surface area (Å²) in [6.45, 7) is 0.883. The van der Waals surface area contributed by atoms with Crippen LogP contribution in [0, 0.1) is 0 Å². The van der Waals surface area contributed by atoms with Gasteiger partial charge in [-0.3, -0.25) is 4.79 Å². The summed E-state index contributed by atoms with van der Waals surface area (Å²) in [5.74, 6) is -0.127. The molecule has 0 saturated carbocycles. The molecule has 0 aliphatic heterocycles. The Balaban J connectivity index is 1.89. The van der Waals surface area contributed by atoms with Crippen LogP contribution < -0.4 is 4.90 Å². The largest absolute Gasteiger partial charge is 0.469 e. The van der Waals surface area contributed by atoms with E-state index in [9.17, 15) is 4.79 Å². The first kappa shape index (κ1) is 12.9. The van der Waals surface area contributed by atoms with E-state index in [0.717, 1.165) is 13.0 Å². The summed E-state index contributed by atoms with van der Waals surface area (Å²) < 4.78 is 4.64. The van der Waals surface area contributed by atoms with Crippen LogP contribution >= 0.6 is 0 Å². The fourth-order valence-electron chi connectivity index (χ4n) is 2.49. The predicted octanol–water partition coefficient (Wildman–Crippen LogP) is 2.56. The summed E-state index contributed by atoms with van der Waals surface area (Å²) in [5, 5.41) is 0. The lowest BCUT2D eigenvalue weighted by Crippen LogP contribution is -2.19.